The number of para-hydroxylation sites is 1. The van der Waals surface area contributed by atoms with Crippen molar-refractivity contribution >= 4 is 11.7 Å². The maximum atomic E-state index is 14.2. The van der Waals surface area contributed by atoms with Gasteiger partial charge in [0.2, 0.25) is 0 Å². The maximum Gasteiger partial charge on any atom is 0.322 e. The smallest absolute Gasteiger partial charge is 0.318 e. The summed E-state index contributed by atoms with van der Waals surface area (Å²) in [5.74, 6) is -1.36. The number of hydrogen-bond donors (Lipinski definition) is 1. The highest BCUT2D eigenvalue weighted by Gasteiger charge is 2.33. The van der Waals surface area contributed by atoms with Gasteiger partial charge >= 0.3 is 6.03 Å². The fourth-order valence-corrected chi connectivity index (χ4v) is 4.34. The zero-order valence-electron chi connectivity index (χ0n) is 17.4. The number of fused-ring (bicyclic) bond motifs is 3. The van der Waals surface area contributed by atoms with Gasteiger partial charge in [-0.25, -0.2) is 13.6 Å². The second-order valence-corrected chi connectivity index (χ2v) is 7.96. The average Bonchev–Trinajstić information content (AvgIpc) is 3.17. The summed E-state index contributed by atoms with van der Waals surface area (Å²) in [6.45, 7) is 2.22. The fourth-order valence-electron chi connectivity index (χ4n) is 4.34. The third-order valence-corrected chi connectivity index (χ3v) is 5.69. The quantitative estimate of drug-likeness (QED) is 0.405. The third kappa shape index (κ3) is 3.64. The summed E-state index contributed by atoms with van der Waals surface area (Å²) in [5.41, 5.74) is 4.66. The van der Waals surface area contributed by atoms with Crippen LogP contribution >= 0.6 is 0 Å². The summed E-state index contributed by atoms with van der Waals surface area (Å²) >= 11 is 0. The van der Waals surface area contributed by atoms with Gasteiger partial charge in [-0.2, -0.15) is 0 Å². The lowest BCUT2D eigenvalue weighted by molar-refractivity contribution is 0.194. The van der Waals surface area contributed by atoms with Gasteiger partial charge in [0.05, 0.1) is 18.3 Å². The molecule has 2 amide bonds. The number of aryl methyl sites for hydroxylation is 1. The van der Waals surface area contributed by atoms with Crippen molar-refractivity contribution in [3.8, 4) is 5.69 Å². The number of anilines is 1. The van der Waals surface area contributed by atoms with Crippen LogP contribution in [0.4, 0.5) is 19.3 Å². The van der Waals surface area contributed by atoms with Crippen LogP contribution in [0.1, 0.15) is 28.4 Å². The fraction of sp³-hybridized carbons (Fsp3) is 0.115. The van der Waals surface area contributed by atoms with Gasteiger partial charge in [-0.05, 0) is 66.1 Å². The predicted molar refractivity (Wildman–Crippen MR) is 120 cm³/mol. The predicted octanol–water partition coefficient (Wildman–Crippen LogP) is 6.20. The molecule has 0 unspecified atom stereocenters. The highest BCUT2D eigenvalue weighted by Crippen LogP contribution is 2.37. The van der Waals surface area contributed by atoms with E-state index in [1.165, 1.54) is 12.1 Å². The zero-order chi connectivity index (χ0) is 22.2. The number of urea groups is 1. The number of aromatic nitrogens is 1. The minimum absolute atomic E-state index is 0.276. The Morgan fingerprint density at radius 2 is 1.72 bits per heavy atom. The van der Waals surface area contributed by atoms with E-state index < -0.39 is 17.7 Å². The van der Waals surface area contributed by atoms with Gasteiger partial charge in [0.25, 0.3) is 0 Å². The lowest BCUT2D eigenvalue weighted by atomic mass is 10.0. The molecule has 4 nitrogen and oxygen atoms in total. The number of benzene rings is 3. The van der Waals surface area contributed by atoms with Crippen LogP contribution in [-0.2, 0) is 6.54 Å². The summed E-state index contributed by atoms with van der Waals surface area (Å²) in [4.78, 5) is 15.2. The molecule has 0 bridgehead atoms. The van der Waals surface area contributed by atoms with Gasteiger partial charge in [0, 0.05) is 23.6 Å². The average molecular weight is 429 g/mol. The first-order valence-electron chi connectivity index (χ1n) is 10.4. The van der Waals surface area contributed by atoms with Crippen LogP contribution in [0.3, 0.4) is 0 Å². The molecule has 6 heteroatoms. The Kier molecular flexibility index (Phi) is 4.98. The second kappa shape index (κ2) is 7.96. The molecule has 0 aliphatic carbocycles. The van der Waals surface area contributed by atoms with Crippen molar-refractivity contribution in [1.82, 2.24) is 9.47 Å². The first kappa shape index (κ1) is 20.0. The van der Waals surface area contributed by atoms with Gasteiger partial charge in [0.15, 0.2) is 0 Å². The van der Waals surface area contributed by atoms with Crippen LogP contribution in [0.2, 0.25) is 0 Å². The van der Waals surface area contributed by atoms with Crippen molar-refractivity contribution in [3.63, 3.8) is 0 Å². The molecule has 1 N–H and O–H groups in total. The van der Waals surface area contributed by atoms with Crippen molar-refractivity contribution in [2.45, 2.75) is 19.5 Å². The highest BCUT2D eigenvalue weighted by atomic mass is 19.1. The van der Waals surface area contributed by atoms with Gasteiger partial charge in [-0.15, -0.1) is 0 Å². The SMILES string of the molecule is Cc1cccc(NC(=O)N2Cc3ccccc3-n3cccc3[C@@H]2c2cc(F)cc(F)c2)c1. The molecule has 0 saturated heterocycles. The normalized spacial score (nSPS) is 15.0. The Hall–Kier alpha value is -3.93. The molecule has 160 valence electrons. The number of carbonyl (C=O) groups excluding carboxylic acids is 1. The molecule has 5 rings (SSSR count). The van der Waals surface area contributed by atoms with Crippen LogP contribution in [0.5, 0.6) is 0 Å². The molecular formula is C26H21F2N3O. The Morgan fingerprint density at radius 1 is 0.938 bits per heavy atom. The third-order valence-electron chi connectivity index (χ3n) is 5.69. The van der Waals surface area contributed by atoms with E-state index in [4.69, 9.17) is 0 Å². The molecule has 1 aliphatic rings. The monoisotopic (exact) mass is 429 g/mol. The Balaban J connectivity index is 1.66. The minimum atomic E-state index is -0.688. The van der Waals surface area contributed by atoms with E-state index in [-0.39, 0.29) is 12.6 Å². The van der Waals surface area contributed by atoms with E-state index >= 15 is 0 Å². The largest absolute Gasteiger partial charge is 0.322 e. The van der Waals surface area contributed by atoms with Crippen molar-refractivity contribution in [3.05, 3.63) is 119 Å². The highest BCUT2D eigenvalue weighted by molar-refractivity contribution is 5.90. The Morgan fingerprint density at radius 3 is 2.50 bits per heavy atom. The van der Waals surface area contributed by atoms with Crippen LogP contribution in [0.25, 0.3) is 5.69 Å². The van der Waals surface area contributed by atoms with Crippen molar-refractivity contribution in [2.24, 2.45) is 0 Å². The van der Waals surface area contributed by atoms with Crippen molar-refractivity contribution in [2.75, 3.05) is 5.32 Å². The number of halogens is 2. The number of amides is 2. The van der Waals surface area contributed by atoms with Gasteiger partial charge in [-0.3, -0.25) is 0 Å². The van der Waals surface area contributed by atoms with E-state index in [0.29, 0.717) is 11.3 Å². The Bertz CT molecular complexity index is 1290. The van der Waals surface area contributed by atoms with Crippen LogP contribution in [-0.4, -0.2) is 15.5 Å². The van der Waals surface area contributed by atoms with Gasteiger partial charge in [-0.1, -0.05) is 30.3 Å². The molecule has 1 aromatic heterocycles. The van der Waals surface area contributed by atoms with E-state index in [1.54, 1.807) is 4.90 Å². The van der Waals surface area contributed by atoms with E-state index in [9.17, 15) is 13.6 Å². The van der Waals surface area contributed by atoms with E-state index in [2.05, 4.69) is 5.32 Å². The maximum absolute atomic E-state index is 14.2. The number of rotatable bonds is 2. The van der Waals surface area contributed by atoms with Crippen molar-refractivity contribution in [1.29, 1.82) is 0 Å². The molecular weight excluding hydrogens is 408 g/mol. The lowest BCUT2D eigenvalue weighted by Crippen LogP contribution is -2.38. The molecule has 3 aromatic carbocycles. The van der Waals surface area contributed by atoms with Gasteiger partial charge < -0.3 is 14.8 Å². The molecule has 0 fully saturated rings. The molecule has 1 atom stereocenters. The molecule has 0 radical (unpaired) electrons. The number of carbonyl (C=O) groups is 1. The summed E-state index contributed by atoms with van der Waals surface area (Å²) in [5, 5.41) is 2.95. The second-order valence-electron chi connectivity index (χ2n) is 7.96. The standard InChI is InChI=1S/C26H21F2N3O/c1-17-6-4-8-22(12-17)29-26(32)31-16-18-7-2-3-9-23(18)30-11-5-10-24(30)25(31)19-13-20(27)15-21(28)14-19/h2-15,25H,16H2,1H3,(H,29,32)/t25-/m0/s1. The lowest BCUT2D eigenvalue weighted by Gasteiger charge is -2.31. The summed E-state index contributed by atoms with van der Waals surface area (Å²) in [6, 6.07) is 21.4. The first-order chi connectivity index (χ1) is 15.5. The molecule has 32 heavy (non-hydrogen) atoms. The first-order valence-corrected chi connectivity index (χ1v) is 10.4. The Labute approximate surface area is 184 Å². The summed E-state index contributed by atoms with van der Waals surface area (Å²) < 4.78 is 30.4. The topological polar surface area (TPSA) is 37.3 Å². The number of nitrogens with one attached hydrogen (secondary N) is 1. The molecule has 0 spiro atoms. The van der Waals surface area contributed by atoms with Crippen LogP contribution in [0.15, 0.2) is 85.1 Å². The van der Waals surface area contributed by atoms with E-state index in [0.717, 1.165) is 28.6 Å². The van der Waals surface area contributed by atoms with Crippen LogP contribution in [0, 0.1) is 18.6 Å². The summed E-state index contributed by atoms with van der Waals surface area (Å²) in [6.07, 6.45) is 1.90. The molecule has 4 aromatic rings. The van der Waals surface area contributed by atoms with E-state index in [1.807, 2.05) is 78.4 Å². The minimum Gasteiger partial charge on any atom is -0.318 e. The molecule has 1 aliphatic heterocycles. The summed E-state index contributed by atoms with van der Waals surface area (Å²) in [7, 11) is 0. The molecule has 2 heterocycles. The van der Waals surface area contributed by atoms with Crippen molar-refractivity contribution < 1.29 is 13.6 Å². The van der Waals surface area contributed by atoms with Crippen LogP contribution < -0.4 is 5.32 Å². The number of nitrogens with zero attached hydrogens (tertiary/aromatic N) is 2. The molecule has 0 saturated carbocycles. The van der Waals surface area contributed by atoms with Gasteiger partial charge in [0.1, 0.15) is 11.6 Å². The zero-order valence-corrected chi connectivity index (χ0v) is 17.4. The number of hydrogen-bond acceptors (Lipinski definition) is 1.